The van der Waals surface area contributed by atoms with Crippen LogP contribution in [-0.4, -0.2) is 49.5 Å². The zero-order valence-electron chi connectivity index (χ0n) is 19.2. The molecular formula is C25H27N3O4S2. The lowest BCUT2D eigenvalue weighted by Crippen LogP contribution is -2.48. The predicted molar refractivity (Wildman–Crippen MR) is 132 cm³/mol. The van der Waals surface area contributed by atoms with E-state index in [-0.39, 0.29) is 23.0 Å². The summed E-state index contributed by atoms with van der Waals surface area (Å²) in [6, 6.07) is 12.8. The van der Waals surface area contributed by atoms with E-state index in [1.165, 1.54) is 34.6 Å². The summed E-state index contributed by atoms with van der Waals surface area (Å²) in [4.78, 5) is 20.9. The third-order valence-electron chi connectivity index (χ3n) is 6.33. The van der Waals surface area contributed by atoms with Crippen molar-refractivity contribution >= 4 is 27.3 Å². The van der Waals surface area contributed by atoms with Gasteiger partial charge in [0.2, 0.25) is 10.0 Å². The highest BCUT2D eigenvalue weighted by atomic mass is 32.2. The van der Waals surface area contributed by atoms with Crippen LogP contribution in [0.1, 0.15) is 41.2 Å². The Hall–Kier alpha value is -2.59. The molecule has 178 valence electrons. The topological polar surface area (TPSA) is 103 Å². The van der Waals surface area contributed by atoms with Crippen molar-refractivity contribution in [1.82, 2.24) is 9.88 Å². The Morgan fingerprint density at radius 2 is 1.68 bits per heavy atom. The Balaban J connectivity index is 1.58. The van der Waals surface area contributed by atoms with Gasteiger partial charge in [-0.1, -0.05) is 24.3 Å². The molecule has 2 N–H and O–H groups in total. The van der Waals surface area contributed by atoms with Crippen molar-refractivity contribution in [3.63, 3.8) is 0 Å². The van der Waals surface area contributed by atoms with Crippen LogP contribution in [0.2, 0.25) is 0 Å². The first-order chi connectivity index (χ1) is 16.2. The first kappa shape index (κ1) is 23.2. The van der Waals surface area contributed by atoms with Crippen molar-refractivity contribution in [2.24, 2.45) is 5.14 Å². The van der Waals surface area contributed by atoms with Gasteiger partial charge in [-0.15, -0.1) is 11.3 Å². The average Bonchev–Trinajstić information content (AvgIpc) is 3.44. The molecule has 9 heteroatoms. The summed E-state index contributed by atoms with van der Waals surface area (Å²) in [5.74, 6) is -0.109. The highest BCUT2D eigenvalue weighted by Gasteiger charge is 2.30. The number of ether oxygens (including phenoxy) is 1. The maximum absolute atomic E-state index is 13.4. The summed E-state index contributed by atoms with van der Waals surface area (Å²) in [5.41, 5.74) is 5.18. The number of nitrogens with two attached hydrogens (primary N) is 1. The van der Waals surface area contributed by atoms with Crippen LogP contribution in [0.4, 0.5) is 0 Å². The second-order valence-electron chi connectivity index (χ2n) is 9.07. The van der Waals surface area contributed by atoms with E-state index in [1.54, 1.807) is 17.0 Å². The monoisotopic (exact) mass is 497 g/mol. The molecule has 3 aromatic rings. The number of morpholine rings is 1. The van der Waals surface area contributed by atoms with Crippen molar-refractivity contribution in [2.45, 2.75) is 50.2 Å². The number of hydrogen-bond donors (Lipinski definition) is 1. The number of benzene rings is 2. The van der Waals surface area contributed by atoms with Crippen molar-refractivity contribution in [2.75, 3.05) is 13.1 Å². The van der Waals surface area contributed by atoms with Crippen LogP contribution in [0.5, 0.6) is 0 Å². The zero-order valence-corrected chi connectivity index (χ0v) is 20.8. The van der Waals surface area contributed by atoms with Gasteiger partial charge in [0, 0.05) is 18.7 Å². The molecule has 0 saturated carbocycles. The number of thiazole rings is 1. The van der Waals surface area contributed by atoms with E-state index in [1.807, 2.05) is 13.8 Å². The Morgan fingerprint density at radius 3 is 2.35 bits per heavy atom. The fourth-order valence-electron chi connectivity index (χ4n) is 4.80. The Labute approximate surface area is 203 Å². The van der Waals surface area contributed by atoms with E-state index in [0.29, 0.717) is 18.1 Å². The van der Waals surface area contributed by atoms with E-state index in [2.05, 4.69) is 18.2 Å². The number of sulfonamides is 1. The molecule has 7 nitrogen and oxygen atoms in total. The Bertz CT molecular complexity index is 1340. The van der Waals surface area contributed by atoms with Gasteiger partial charge < -0.3 is 9.64 Å². The molecule has 1 aliphatic carbocycles. The third-order valence-corrected chi connectivity index (χ3v) is 8.36. The average molecular weight is 498 g/mol. The molecule has 34 heavy (non-hydrogen) atoms. The molecule has 0 radical (unpaired) electrons. The van der Waals surface area contributed by atoms with Crippen molar-refractivity contribution in [3.8, 4) is 21.7 Å². The molecule has 2 aliphatic rings. The van der Waals surface area contributed by atoms with Gasteiger partial charge in [0.05, 0.1) is 27.7 Å². The molecule has 2 heterocycles. The summed E-state index contributed by atoms with van der Waals surface area (Å²) in [6.07, 6.45) is 3.21. The predicted octanol–water partition coefficient (Wildman–Crippen LogP) is 3.86. The minimum atomic E-state index is -3.79. The quantitative estimate of drug-likeness (QED) is 0.590. The molecule has 0 bridgehead atoms. The third kappa shape index (κ3) is 4.53. The van der Waals surface area contributed by atoms with Crippen LogP contribution in [0, 0.1) is 0 Å². The highest BCUT2D eigenvalue weighted by Crippen LogP contribution is 2.39. The molecule has 1 aliphatic heterocycles. The number of hydrogen-bond acceptors (Lipinski definition) is 6. The minimum absolute atomic E-state index is 0.0333. The molecule has 1 amide bonds. The number of nitrogens with zero attached hydrogens (tertiary/aromatic N) is 2. The maximum atomic E-state index is 13.4. The van der Waals surface area contributed by atoms with Crippen molar-refractivity contribution in [3.05, 3.63) is 58.6 Å². The number of amides is 1. The minimum Gasteiger partial charge on any atom is -0.372 e. The molecule has 0 unspecified atom stereocenters. The van der Waals surface area contributed by atoms with Crippen LogP contribution in [0.3, 0.4) is 0 Å². The van der Waals surface area contributed by atoms with Gasteiger partial charge in [-0.2, -0.15) is 0 Å². The van der Waals surface area contributed by atoms with Gasteiger partial charge in [0.15, 0.2) is 5.01 Å². The van der Waals surface area contributed by atoms with Gasteiger partial charge >= 0.3 is 0 Å². The van der Waals surface area contributed by atoms with E-state index in [4.69, 9.17) is 14.9 Å². The maximum Gasteiger partial charge on any atom is 0.283 e. The first-order valence-corrected chi connectivity index (χ1v) is 13.8. The summed E-state index contributed by atoms with van der Waals surface area (Å²) >= 11 is 1.33. The van der Waals surface area contributed by atoms with Gasteiger partial charge in [0.25, 0.3) is 5.91 Å². The highest BCUT2D eigenvalue weighted by molar-refractivity contribution is 7.89. The van der Waals surface area contributed by atoms with Gasteiger partial charge in [-0.25, -0.2) is 18.5 Å². The number of primary sulfonamides is 1. The lowest BCUT2D eigenvalue weighted by Gasteiger charge is -2.34. The van der Waals surface area contributed by atoms with Crippen molar-refractivity contribution in [1.29, 1.82) is 0 Å². The van der Waals surface area contributed by atoms with Crippen LogP contribution in [0.25, 0.3) is 21.7 Å². The SMILES string of the molecule is C[C@@H]1CN(C(=O)c2nc(-c3ccc4c(c3)CCC4)c(-c3ccc(S(N)(=O)=O)cc3)s2)C[C@H](C)O1. The lowest BCUT2D eigenvalue weighted by atomic mass is 10.0. The fraction of sp³-hybridized carbons (Fsp3) is 0.360. The molecule has 1 saturated heterocycles. The van der Waals surface area contributed by atoms with Gasteiger partial charge in [-0.05, 0) is 68.0 Å². The molecule has 2 aromatic carbocycles. The second-order valence-corrected chi connectivity index (χ2v) is 11.6. The van der Waals surface area contributed by atoms with Crippen LogP contribution < -0.4 is 5.14 Å². The van der Waals surface area contributed by atoms with Gasteiger partial charge in [0.1, 0.15) is 0 Å². The number of aromatic nitrogens is 1. The summed E-state index contributed by atoms with van der Waals surface area (Å²) in [7, 11) is -3.79. The zero-order chi connectivity index (χ0) is 24.0. The molecule has 2 atom stereocenters. The lowest BCUT2D eigenvalue weighted by molar-refractivity contribution is -0.0586. The Kier molecular flexibility index (Phi) is 6.05. The second kappa shape index (κ2) is 8.88. The Morgan fingerprint density at radius 1 is 1.03 bits per heavy atom. The fourth-order valence-corrected chi connectivity index (χ4v) is 6.37. The first-order valence-electron chi connectivity index (χ1n) is 11.4. The number of carbonyl (C=O) groups excluding carboxylic acids is 1. The number of carbonyl (C=O) groups is 1. The number of aryl methyl sites for hydroxylation is 2. The smallest absolute Gasteiger partial charge is 0.283 e. The summed E-state index contributed by atoms with van der Waals surface area (Å²) in [6.45, 7) is 4.98. The normalized spacial score (nSPS) is 20.4. The number of rotatable bonds is 4. The molecular weight excluding hydrogens is 470 g/mol. The number of fused-ring (bicyclic) bond motifs is 1. The molecule has 5 rings (SSSR count). The van der Waals surface area contributed by atoms with Crippen molar-refractivity contribution < 1.29 is 17.9 Å². The molecule has 0 spiro atoms. The van der Waals surface area contributed by atoms with E-state index < -0.39 is 10.0 Å². The van der Waals surface area contributed by atoms with E-state index in [9.17, 15) is 13.2 Å². The van der Waals surface area contributed by atoms with Gasteiger partial charge in [-0.3, -0.25) is 4.79 Å². The standard InChI is InChI=1S/C25H27N3O4S2/c1-15-13-28(14-16(2)32-15)25(29)24-27-22(20-7-6-17-4-3-5-19(17)12-20)23(33-24)18-8-10-21(11-9-18)34(26,30)31/h6-12,15-16H,3-5,13-14H2,1-2H3,(H2,26,30,31)/t15-,16+. The molecule has 1 fully saturated rings. The van der Waals surface area contributed by atoms with E-state index in [0.717, 1.165) is 41.0 Å². The van der Waals surface area contributed by atoms with Crippen LogP contribution >= 0.6 is 11.3 Å². The largest absolute Gasteiger partial charge is 0.372 e. The van der Waals surface area contributed by atoms with E-state index >= 15 is 0 Å². The van der Waals surface area contributed by atoms with Crippen LogP contribution in [-0.2, 0) is 27.6 Å². The molecule has 1 aromatic heterocycles. The summed E-state index contributed by atoms with van der Waals surface area (Å²) < 4.78 is 29.2. The summed E-state index contributed by atoms with van der Waals surface area (Å²) in [5, 5.41) is 5.69. The van der Waals surface area contributed by atoms with Crippen LogP contribution in [0.15, 0.2) is 47.4 Å².